The number of carbonyl (C=O) groups excluding carboxylic acids is 1. The number of amides is 1. The number of pyridine rings is 1. The summed E-state index contributed by atoms with van der Waals surface area (Å²) in [6, 6.07) is 8.32. The molecule has 2 aromatic rings. The number of nitrogens with zero attached hydrogens (tertiary/aromatic N) is 1. The number of fused-ring (bicyclic) bond motifs is 2. The van der Waals surface area contributed by atoms with Crippen molar-refractivity contribution in [3.05, 3.63) is 74.7 Å². The molecule has 1 saturated carbocycles. The van der Waals surface area contributed by atoms with Gasteiger partial charge < -0.3 is 20.3 Å². The van der Waals surface area contributed by atoms with Crippen molar-refractivity contribution in [1.82, 2.24) is 10.3 Å². The zero-order valence-electron chi connectivity index (χ0n) is 19.7. The average Bonchev–Trinajstić information content (AvgIpc) is 2.79. The second-order valence-corrected chi connectivity index (χ2v) is 9.23. The third-order valence-corrected chi connectivity index (χ3v) is 7.01. The minimum absolute atomic E-state index is 0.128. The summed E-state index contributed by atoms with van der Waals surface area (Å²) in [4.78, 5) is 31.1. The predicted molar refractivity (Wildman–Crippen MR) is 132 cm³/mol. The standard InChI is InChI=1S/C27H35N3O3/c1-3-30(20-12-14-21(31)15-13-20)25-11-7-10-23-22(25)9-6-4-5-8-19-16-18(2)29-27(33)24(19)17-28-26(23)32/h4,6-7,10-11,16,20-21,31H,3,5,8-9,12-15,17H2,1-2H3,(H,28,32)(H,29,33)/t20-,21+. The molecule has 1 aromatic heterocycles. The van der Waals surface area contributed by atoms with Gasteiger partial charge in [-0.25, -0.2) is 0 Å². The number of aromatic nitrogens is 1. The lowest BCUT2D eigenvalue weighted by Gasteiger charge is -2.38. The van der Waals surface area contributed by atoms with Gasteiger partial charge in [0.2, 0.25) is 0 Å². The third-order valence-electron chi connectivity index (χ3n) is 7.01. The highest BCUT2D eigenvalue weighted by molar-refractivity contribution is 5.97. The number of aliphatic hydroxyl groups is 1. The lowest BCUT2D eigenvalue weighted by atomic mass is 9.90. The van der Waals surface area contributed by atoms with Crippen molar-refractivity contribution in [2.75, 3.05) is 11.4 Å². The number of H-pyrrole nitrogens is 1. The Labute approximate surface area is 195 Å². The topological polar surface area (TPSA) is 85.4 Å². The molecule has 2 aliphatic rings. The van der Waals surface area contributed by atoms with Crippen molar-refractivity contribution in [3.8, 4) is 0 Å². The van der Waals surface area contributed by atoms with Crippen molar-refractivity contribution < 1.29 is 9.90 Å². The van der Waals surface area contributed by atoms with Gasteiger partial charge >= 0.3 is 0 Å². The predicted octanol–water partition coefficient (Wildman–Crippen LogP) is 3.79. The van der Waals surface area contributed by atoms with Crippen molar-refractivity contribution in [1.29, 1.82) is 0 Å². The molecule has 1 amide bonds. The monoisotopic (exact) mass is 449 g/mol. The highest BCUT2D eigenvalue weighted by Gasteiger charge is 2.27. The number of aromatic amines is 1. The minimum atomic E-state index is -0.195. The zero-order valence-corrected chi connectivity index (χ0v) is 19.7. The molecular weight excluding hydrogens is 414 g/mol. The molecule has 2 heterocycles. The summed E-state index contributed by atoms with van der Waals surface area (Å²) >= 11 is 0. The van der Waals surface area contributed by atoms with Gasteiger partial charge in [-0.05, 0) is 88.1 Å². The van der Waals surface area contributed by atoms with E-state index in [0.29, 0.717) is 23.6 Å². The van der Waals surface area contributed by atoms with Crippen LogP contribution >= 0.6 is 0 Å². The molecule has 6 nitrogen and oxygen atoms in total. The van der Waals surface area contributed by atoms with Crippen LogP contribution in [0.15, 0.2) is 41.2 Å². The molecule has 0 spiro atoms. The maximum absolute atomic E-state index is 13.3. The summed E-state index contributed by atoms with van der Waals surface area (Å²) in [5.74, 6) is -0.151. The summed E-state index contributed by atoms with van der Waals surface area (Å²) in [5.41, 5.74) is 5.13. The number of nitrogens with one attached hydrogen (secondary N) is 2. The van der Waals surface area contributed by atoms with E-state index in [2.05, 4.69) is 40.3 Å². The highest BCUT2D eigenvalue weighted by Crippen LogP contribution is 2.32. The van der Waals surface area contributed by atoms with Gasteiger partial charge in [0.05, 0.1) is 6.10 Å². The Balaban J connectivity index is 1.68. The fraction of sp³-hybridized carbons (Fsp3) is 0.481. The smallest absolute Gasteiger partial charge is 0.253 e. The molecule has 0 bridgehead atoms. The Bertz CT molecular complexity index is 1080. The van der Waals surface area contributed by atoms with Gasteiger partial charge in [-0.2, -0.15) is 0 Å². The van der Waals surface area contributed by atoms with Crippen LogP contribution < -0.4 is 15.8 Å². The van der Waals surface area contributed by atoms with Gasteiger partial charge in [0.15, 0.2) is 0 Å². The average molecular weight is 450 g/mol. The normalized spacial score (nSPS) is 21.2. The van der Waals surface area contributed by atoms with Crippen LogP contribution in [0.2, 0.25) is 0 Å². The Morgan fingerprint density at radius 2 is 1.88 bits per heavy atom. The van der Waals surface area contributed by atoms with Crippen LogP contribution in [0.5, 0.6) is 0 Å². The van der Waals surface area contributed by atoms with Crippen LogP contribution in [0.25, 0.3) is 0 Å². The van der Waals surface area contributed by atoms with Gasteiger partial charge in [-0.1, -0.05) is 18.2 Å². The molecule has 1 fully saturated rings. The minimum Gasteiger partial charge on any atom is -0.393 e. The Kier molecular flexibility index (Phi) is 7.33. The Morgan fingerprint density at radius 3 is 2.64 bits per heavy atom. The van der Waals surface area contributed by atoms with E-state index in [1.54, 1.807) is 0 Å². The molecule has 0 atom stereocenters. The summed E-state index contributed by atoms with van der Waals surface area (Å²) in [5, 5.41) is 13.0. The molecule has 0 saturated heterocycles. The Morgan fingerprint density at radius 1 is 1.09 bits per heavy atom. The molecule has 0 unspecified atom stereocenters. The first kappa shape index (κ1) is 23.3. The Hall–Kier alpha value is -2.86. The van der Waals surface area contributed by atoms with Crippen LogP contribution in [-0.4, -0.2) is 34.7 Å². The lowest BCUT2D eigenvalue weighted by Crippen LogP contribution is -2.40. The molecule has 176 valence electrons. The van der Waals surface area contributed by atoms with E-state index in [-0.39, 0.29) is 24.1 Å². The molecule has 6 heteroatoms. The van der Waals surface area contributed by atoms with Gasteiger partial charge in [0.1, 0.15) is 0 Å². The van der Waals surface area contributed by atoms with E-state index >= 15 is 0 Å². The first-order valence-corrected chi connectivity index (χ1v) is 12.2. The molecule has 3 N–H and O–H groups in total. The third kappa shape index (κ3) is 5.22. The summed E-state index contributed by atoms with van der Waals surface area (Å²) in [7, 11) is 0. The molecule has 1 aromatic carbocycles. The van der Waals surface area contributed by atoms with Gasteiger partial charge in [0, 0.05) is 41.6 Å². The van der Waals surface area contributed by atoms with Gasteiger partial charge in [0.25, 0.3) is 11.5 Å². The molecular formula is C27H35N3O3. The molecule has 33 heavy (non-hydrogen) atoms. The molecule has 1 aliphatic carbocycles. The van der Waals surface area contributed by atoms with Crippen molar-refractivity contribution in [2.24, 2.45) is 0 Å². The number of aliphatic hydroxyl groups excluding tert-OH is 1. The fourth-order valence-electron chi connectivity index (χ4n) is 5.29. The van der Waals surface area contributed by atoms with E-state index in [4.69, 9.17) is 0 Å². The summed E-state index contributed by atoms with van der Waals surface area (Å²) in [6.07, 6.45) is 9.98. The van der Waals surface area contributed by atoms with E-state index < -0.39 is 0 Å². The first-order valence-electron chi connectivity index (χ1n) is 12.2. The number of benzene rings is 1. The number of rotatable bonds is 3. The maximum atomic E-state index is 13.3. The lowest BCUT2D eigenvalue weighted by molar-refractivity contribution is 0.0950. The highest BCUT2D eigenvalue weighted by atomic mass is 16.3. The number of anilines is 1. The summed E-state index contributed by atoms with van der Waals surface area (Å²) < 4.78 is 0. The fourth-order valence-corrected chi connectivity index (χ4v) is 5.29. The van der Waals surface area contributed by atoms with Gasteiger partial charge in [-0.15, -0.1) is 0 Å². The van der Waals surface area contributed by atoms with Gasteiger partial charge in [-0.3, -0.25) is 9.59 Å². The largest absolute Gasteiger partial charge is 0.393 e. The SMILES string of the molecule is CCN(c1cccc2c1CC=CCCc1cc(C)[nH]c(=O)c1CNC2=O)[C@H]1CC[C@@H](O)CC1. The molecule has 1 aliphatic heterocycles. The van der Waals surface area contributed by atoms with Crippen LogP contribution in [-0.2, 0) is 19.4 Å². The second kappa shape index (κ2) is 10.4. The number of hydrogen-bond acceptors (Lipinski definition) is 4. The van der Waals surface area contributed by atoms with E-state index in [1.165, 1.54) is 0 Å². The number of allylic oxidation sites excluding steroid dienone is 2. The van der Waals surface area contributed by atoms with Crippen molar-refractivity contribution in [3.63, 3.8) is 0 Å². The number of aryl methyl sites for hydroxylation is 2. The summed E-state index contributed by atoms with van der Waals surface area (Å²) in [6.45, 7) is 5.11. The van der Waals surface area contributed by atoms with Crippen molar-refractivity contribution in [2.45, 2.75) is 77.5 Å². The molecule has 4 rings (SSSR count). The van der Waals surface area contributed by atoms with Crippen LogP contribution in [0.3, 0.4) is 0 Å². The van der Waals surface area contributed by atoms with E-state index in [0.717, 1.165) is 67.6 Å². The van der Waals surface area contributed by atoms with Crippen LogP contribution in [0.1, 0.15) is 71.8 Å². The number of carbonyl (C=O) groups is 1. The van der Waals surface area contributed by atoms with Crippen LogP contribution in [0.4, 0.5) is 5.69 Å². The molecule has 0 radical (unpaired) electrons. The second-order valence-electron chi connectivity index (χ2n) is 9.23. The first-order chi connectivity index (χ1) is 16.0. The number of hydrogen-bond donors (Lipinski definition) is 3. The van der Waals surface area contributed by atoms with Crippen LogP contribution in [0, 0.1) is 6.92 Å². The van der Waals surface area contributed by atoms with E-state index in [9.17, 15) is 14.7 Å². The van der Waals surface area contributed by atoms with E-state index in [1.807, 2.05) is 25.1 Å². The zero-order chi connectivity index (χ0) is 23.4. The van der Waals surface area contributed by atoms with Crippen molar-refractivity contribution >= 4 is 11.6 Å². The quantitative estimate of drug-likeness (QED) is 0.623. The maximum Gasteiger partial charge on any atom is 0.253 e.